The summed E-state index contributed by atoms with van der Waals surface area (Å²) in [5, 5.41) is 7.37. The molecule has 0 aliphatic heterocycles. The molecule has 1 fully saturated rings. The number of anilines is 1. The summed E-state index contributed by atoms with van der Waals surface area (Å²) in [6.45, 7) is 0. The first-order valence-electron chi connectivity index (χ1n) is 8.75. The maximum absolute atomic E-state index is 13.8. The molecule has 26 heavy (non-hydrogen) atoms. The van der Waals surface area contributed by atoms with Gasteiger partial charge in [-0.1, -0.05) is 42.6 Å². The molecule has 1 aliphatic carbocycles. The van der Waals surface area contributed by atoms with Crippen LogP contribution in [0.4, 0.5) is 14.5 Å². The Morgan fingerprint density at radius 3 is 2.54 bits per heavy atom. The van der Waals surface area contributed by atoms with Crippen LogP contribution in [-0.4, -0.2) is 10.7 Å². The van der Waals surface area contributed by atoms with Crippen LogP contribution < -0.4 is 10.6 Å². The van der Waals surface area contributed by atoms with Crippen molar-refractivity contribution in [1.29, 1.82) is 0 Å². The van der Waals surface area contributed by atoms with Gasteiger partial charge in [0.15, 0.2) is 5.11 Å². The number of benzene rings is 2. The van der Waals surface area contributed by atoms with Crippen molar-refractivity contribution in [1.82, 2.24) is 5.32 Å². The topological polar surface area (TPSA) is 24.1 Å². The third-order valence-corrected chi connectivity index (χ3v) is 5.52. The van der Waals surface area contributed by atoms with Gasteiger partial charge in [-0.15, -0.1) is 0 Å². The maximum Gasteiger partial charge on any atom is 0.171 e. The molecule has 1 aliphatic rings. The van der Waals surface area contributed by atoms with Crippen LogP contribution in [0.2, 0.25) is 5.02 Å². The lowest BCUT2D eigenvalue weighted by Gasteiger charge is -2.32. The lowest BCUT2D eigenvalue weighted by Crippen LogP contribution is -2.48. The second-order valence-electron chi connectivity index (χ2n) is 6.78. The highest BCUT2D eigenvalue weighted by molar-refractivity contribution is 7.80. The fourth-order valence-electron chi connectivity index (χ4n) is 3.55. The van der Waals surface area contributed by atoms with Gasteiger partial charge < -0.3 is 10.6 Å². The zero-order chi connectivity index (χ0) is 18.6. The van der Waals surface area contributed by atoms with E-state index in [4.69, 9.17) is 23.8 Å². The van der Waals surface area contributed by atoms with Crippen molar-refractivity contribution in [3.05, 3.63) is 64.7 Å². The predicted molar refractivity (Wildman–Crippen MR) is 107 cm³/mol. The Morgan fingerprint density at radius 1 is 1.12 bits per heavy atom. The summed E-state index contributed by atoms with van der Waals surface area (Å²) < 4.78 is 26.9. The Labute approximate surface area is 162 Å². The van der Waals surface area contributed by atoms with Gasteiger partial charge in [0, 0.05) is 16.6 Å². The van der Waals surface area contributed by atoms with E-state index in [2.05, 4.69) is 10.6 Å². The molecule has 2 N–H and O–H groups in total. The SMILES string of the molecule is Fc1ccc(NC(=S)NC2(CCc3ccccc3Cl)CCCC2)c(F)c1. The summed E-state index contributed by atoms with van der Waals surface area (Å²) in [5.74, 6) is -1.27. The molecule has 0 atom stereocenters. The maximum atomic E-state index is 13.8. The van der Waals surface area contributed by atoms with E-state index in [-0.39, 0.29) is 11.2 Å². The first kappa shape index (κ1) is 19.1. The lowest BCUT2D eigenvalue weighted by molar-refractivity contribution is 0.362. The van der Waals surface area contributed by atoms with Crippen molar-refractivity contribution in [3.8, 4) is 0 Å². The highest BCUT2D eigenvalue weighted by Gasteiger charge is 2.34. The normalized spacial score (nSPS) is 15.7. The Balaban J connectivity index is 1.65. The summed E-state index contributed by atoms with van der Waals surface area (Å²) in [5.41, 5.74) is 1.16. The van der Waals surface area contributed by atoms with Gasteiger partial charge in [-0.25, -0.2) is 8.78 Å². The molecule has 2 nitrogen and oxygen atoms in total. The van der Waals surface area contributed by atoms with Crippen molar-refractivity contribution in [2.45, 2.75) is 44.1 Å². The van der Waals surface area contributed by atoms with E-state index in [1.165, 1.54) is 12.1 Å². The predicted octanol–water partition coefficient (Wildman–Crippen LogP) is 5.85. The number of hydrogen-bond acceptors (Lipinski definition) is 1. The largest absolute Gasteiger partial charge is 0.357 e. The van der Waals surface area contributed by atoms with Crippen LogP contribution in [0.25, 0.3) is 0 Å². The number of rotatable bonds is 5. The van der Waals surface area contributed by atoms with Crippen LogP contribution in [0, 0.1) is 11.6 Å². The van der Waals surface area contributed by atoms with Crippen LogP contribution in [0.15, 0.2) is 42.5 Å². The summed E-state index contributed by atoms with van der Waals surface area (Å²) in [4.78, 5) is 0. The van der Waals surface area contributed by atoms with E-state index >= 15 is 0 Å². The van der Waals surface area contributed by atoms with Gasteiger partial charge in [-0.3, -0.25) is 0 Å². The van der Waals surface area contributed by atoms with Crippen LogP contribution in [0.1, 0.15) is 37.7 Å². The first-order valence-corrected chi connectivity index (χ1v) is 9.54. The molecule has 0 radical (unpaired) electrons. The highest BCUT2D eigenvalue weighted by Crippen LogP contribution is 2.34. The van der Waals surface area contributed by atoms with E-state index in [1.54, 1.807) is 0 Å². The summed E-state index contributed by atoms with van der Waals surface area (Å²) >= 11 is 11.7. The summed E-state index contributed by atoms with van der Waals surface area (Å²) in [6.07, 6.45) is 6.01. The van der Waals surface area contributed by atoms with Crippen molar-refractivity contribution < 1.29 is 8.78 Å². The smallest absolute Gasteiger partial charge is 0.171 e. The number of halogens is 3. The van der Waals surface area contributed by atoms with Crippen molar-refractivity contribution in [2.75, 3.05) is 5.32 Å². The Hall–Kier alpha value is -1.72. The molecule has 0 heterocycles. The minimum atomic E-state index is -0.661. The molecule has 3 rings (SSSR count). The summed E-state index contributed by atoms with van der Waals surface area (Å²) in [6, 6.07) is 11.2. The molecule has 0 spiro atoms. The van der Waals surface area contributed by atoms with Crippen LogP contribution in [0.5, 0.6) is 0 Å². The number of hydrogen-bond donors (Lipinski definition) is 2. The second kappa shape index (κ2) is 8.31. The van der Waals surface area contributed by atoms with E-state index < -0.39 is 11.6 Å². The zero-order valence-electron chi connectivity index (χ0n) is 14.3. The van der Waals surface area contributed by atoms with Crippen LogP contribution in [-0.2, 0) is 6.42 Å². The highest BCUT2D eigenvalue weighted by atomic mass is 35.5. The molecule has 0 saturated heterocycles. The number of nitrogens with one attached hydrogen (secondary N) is 2. The third-order valence-electron chi connectivity index (χ3n) is 4.95. The van der Waals surface area contributed by atoms with E-state index in [9.17, 15) is 8.78 Å². The van der Waals surface area contributed by atoms with Crippen molar-refractivity contribution in [2.24, 2.45) is 0 Å². The number of thiocarbonyl (C=S) groups is 1. The Morgan fingerprint density at radius 2 is 1.85 bits per heavy atom. The quantitative estimate of drug-likeness (QED) is 0.622. The molecular formula is C20H21ClF2N2S. The average Bonchev–Trinajstić information content (AvgIpc) is 3.05. The Kier molecular flexibility index (Phi) is 6.09. The van der Waals surface area contributed by atoms with Gasteiger partial charge >= 0.3 is 0 Å². The molecule has 0 amide bonds. The van der Waals surface area contributed by atoms with Crippen LogP contribution in [0.3, 0.4) is 0 Å². The molecule has 138 valence electrons. The van der Waals surface area contributed by atoms with Crippen molar-refractivity contribution >= 4 is 34.6 Å². The summed E-state index contributed by atoms with van der Waals surface area (Å²) in [7, 11) is 0. The van der Waals surface area contributed by atoms with Gasteiger partial charge in [0.05, 0.1) is 5.69 Å². The minimum Gasteiger partial charge on any atom is -0.357 e. The molecule has 0 aromatic heterocycles. The van der Waals surface area contributed by atoms with Gasteiger partial charge in [0.25, 0.3) is 0 Å². The molecular weight excluding hydrogens is 374 g/mol. The van der Waals surface area contributed by atoms with E-state index in [1.807, 2.05) is 24.3 Å². The minimum absolute atomic E-state index is 0.125. The van der Waals surface area contributed by atoms with Gasteiger partial charge in [-0.2, -0.15) is 0 Å². The fraction of sp³-hybridized carbons (Fsp3) is 0.350. The molecule has 2 aromatic rings. The van der Waals surface area contributed by atoms with E-state index in [0.717, 1.165) is 55.2 Å². The standard InChI is InChI=1S/C20H21ClF2N2S/c21-16-6-2-1-5-14(16)9-12-20(10-3-4-11-20)25-19(26)24-18-8-7-15(22)13-17(18)23/h1-2,5-8,13H,3-4,9-12H2,(H2,24,25,26). The fourth-order valence-corrected chi connectivity index (χ4v) is 4.11. The van der Waals surface area contributed by atoms with Crippen molar-refractivity contribution in [3.63, 3.8) is 0 Å². The van der Waals surface area contributed by atoms with Crippen LogP contribution >= 0.6 is 23.8 Å². The van der Waals surface area contributed by atoms with Gasteiger partial charge in [-0.05, 0) is 61.7 Å². The monoisotopic (exact) mass is 394 g/mol. The number of aryl methyl sites for hydroxylation is 1. The van der Waals surface area contributed by atoms with Gasteiger partial charge in [0.2, 0.25) is 0 Å². The first-order chi connectivity index (χ1) is 12.5. The molecule has 1 saturated carbocycles. The van der Waals surface area contributed by atoms with Gasteiger partial charge in [0.1, 0.15) is 11.6 Å². The second-order valence-corrected chi connectivity index (χ2v) is 7.60. The lowest BCUT2D eigenvalue weighted by atomic mass is 9.89. The molecule has 0 unspecified atom stereocenters. The Bertz CT molecular complexity index is 791. The molecule has 2 aromatic carbocycles. The third kappa shape index (κ3) is 4.71. The average molecular weight is 395 g/mol. The molecule has 6 heteroatoms. The van der Waals surface area contributed by atoms with E-state index in [0.29, 0.717) is 5.11 Å². The zero-order valence-corrected chi connectivity index (χ0v) is 15.9. The molecule has 0 bridgehead atoms.